The number of nitrogens with zero attached hydrogens (tertiary/aromatic N) is 4. The van der Waals surface area contributed by atoms with Crippen molar-refractivity contribution in [1.82, 2.24) is 19.0 Å². The van der Waals surface area contributed by atoms with Crippen molar-refractivity contribution in [2.45, 2.75) is 38.8 Å². The third-order valence-electron chi connectivity index (χ3n) is 6.23. The molecule has 1 N–H and O–H groups in total. The fourth-order valence-electron chi connectivity index (χ4n) is 4.45. The molecule has 0 spiro atoms. The summed E-state index contributed by atoms with van der Waals surface area (Å²) in [6.45, 7) is 2.69. The quantitative estimate of drug-likeness (QED) is 0.465. The van der Waals surface area contributed by atoms with E-state index >= 15 is 0 Å². The highest BCUT2D eigenvalue weighted by atomic mass is 32.1. The Morgan fingerprint density at radius 3 is 2.59 bits per heavy atom. The Bertz CT molecular complexity index is 1460. The van der Waals surface area contributed by atoms with Gasteiger partial charge < -0.3 is 14.4 Å². The van der Waals surface area contributed by atoms with Crippen molar-refractivity contribution in [2.75, 3.05) is 13.1 Å². The maximum absolute atomic E-state index is 13.7. The van der Waals surface area contributed by atoms with Gasteiger partial charge in [0.25, 0.3) is 5.56 Å². The Kier molecular flexibility index (Phi) is 5.82. The van der Waals surface area contributed by atoms with Gasteiger partial charge in [-0.25, -0.2) is 14.6 Å². The van der Waals surface area contributed by atoms with E-state index in [9.17, 15) is 19.5 Å². The molecule has 4 heterocycles. The van der Waals surface area contributed by atoms with Gasteiger partial charge in [0.1, 0.15) is 11.0 Å². The lowest BCUT2D eigenvalue weighted by molar-refractivity contribution is 0.124. The van der Waals surface area contributed by atoms with E-state index in [1.54, 1.807) is 10.8 Å². The fraction of sp³-hybridized carbons (Fsp3) is 0.333. The number of oxazole rings is 1. The molecule has 3 aromatic heterocycles. The standard InChI is InChI=1S/C24H24N4O5S/c1-2-20-25-16(14-33-20)13-27-18-12-19(15-6-4-3-5-7-15)34-21(18)22(29)28(23(27)30)17-8-10-26(11-9-17)24(31)32/h3-7,12,14,17H,2,8-11,13H2,1H3,(H,31,32). The number of benzene rings is 1. The van der Waals surface area contributed by atoms with Crippen molar-refractivity contribution in [3.8, 4) is 10.4 Å². The van der Waals surface area contributed by atoms with Gasteiger partial charge >= 0.3 is 11.8 Å². The number of carboxylic acid groups (broad SMARTS) is 1. The van der Waals surface area contributed by atoms with Gasteiger partial charge in [0.15, 0.2) is 5.89 Å². The van der Waals surface area contributed by atoms with Gasteiger partial charge in [0, 0.05) is 30.4 Å². The number of aromatic nitrogens is 3. The molecular weight excluding hydrogens is 456 g/mol. The van der Waals surface area contributed by atoms with E-state index in [0.29, 0.717) is 41.1 Å². The number of piperidine rings is 1. The molecule has 1 saturated heterocycles. The van der Waals surface area contributed by atoms with E-state index in [-0.39, 0.29) is 31.2 Å². The molecule has 9 nitrogen and oxygen atoms in total. The van der Waals surface area contributed by atoms with Crippen LogP contribution in [0.1, 0.15) is 37.4 Å². The van der Waals surface area contributed by atoms with Crippen LogP contribution in [0.25, 0.3) is 20.7 Å². The largest absolute Gasteiger partial charge is 0.465 e. The Morgan fingerprint density at radius 1 is 1.21 bits per heavy atom. The molecule has 0 saturated carbocycles. The molecule has 5 rings (SSSR count). The summed E-state index contributed by atoms with van der Waals surface area (Å²) >= 11 is 1.36. The Labute approximate surface area is 198 Å². The van der Waals surface area contributed by atoms with Gasteiger partial charge in [-0.3, -0.25) is 13.9 Å². The van der Waals surface area contributed by atoms with Crippen molar-refractivity contribution >= 4 is 27.6 Å². The minimum absolute atomic E-state index is 0.179. The van der Waals surface area contributed by atoms with Crippen LogP contribution >= 0.6 is 11.3 Å². The first-order valence-corrected chi connectivity index (χ1v) is 12.0. The monoisotopic (exact) mass is 480 g/mol. The molecule has 1 fully saturated rings. The highest BCUT2D eigenvalue weighted by Crippen LogP contribution is 2.32. The number of fused-ring (bicyclic) bond motifs is 1. The molecule has 0 radical (unpaired) electrons. The molecule has 10 heteroatoms. The highest BCUT2D eigenvalue weighted by molar-refractivity contribution is 7.22. The van der Waals surface area contributed by atoms with Crippen molar-refractivity contribution in [1.29, 1.82) is 0 Å². The maximum atomic E-state index is 13.7. The summed E-state index contributed by atoms with van der Waals surface area (Å²) in [7, 11) is 0. The highest BCUT2D eigenvalue weighted by Gasteiger charge is 2.28. The van der Waals surface area contributed by atoms with Crippen LogP contribution in [0.2, 0.25) is 0 Å². The zero-order valence-electron chi connectivity index (χ0n) is 18.6. The zero-order chi connectivity index (χ0) is 23.8. The molecule has 1 aliphatic rings. The van der Waals surface area contributed by atoms with Crippen molar-refractivity contribution in [3.05, 3.63) is 75.1 Å². The number of amides is 1. The van der Waals surface area contributed by atoms with Crippen LogP contribution in [0.3, 0.4) is 0 Å². The first-order chi connectivity index (χ1) is 16.5. The van der Waals surface area contributed by atoms with Crippen LogP contribution in [-0.2, 0) is 13.0 Å². The third kappa shape index (κ3) is 3.94. The molecule has 1 aliphatic heterocycles. The second-order valence-electron chi connectivity index (χ2n) is 8.32. The summed E-state index contributed by atoms with van der Waals surface area (Å²) < 4.78 is 8.86. The van der Waals surface area contributed by atoms with E-state index in [2.05, 4.69) is 4.98 Å². The molecule has 0 atom stereocenters. The van der Waals surface area contributed by atoms with Crippen LogP contribution in [0.15, 0.2) is 56.7 Å². The predicted molar refractivity (Wildman–Crippen MR) is 129 cm³/mol. The van der Waals surface area contributed by atoms with E-state index in [1.807, 2.05) is 43.3 Å². The van der Waals surface area contributed by atoms with E-state index in [0.717, 1.165) is 10.4 Å². The second-order valence-corrected chi connectivity index (χ2v) is 9.37. The van der Waals surface area contributed by atoms with E-state index < -0.39 is 11.8 Å². The molecular formula is C24H24N4O5S. The SMILES string of the molecule is CCc1nc(Cn2c(=O)n(C3CCN(C(=O)O)CC3)c(=O)c3sc(-c4ccccc4)cc32)co1. The van der Waals surface area contributed by atoms with E-state index in [4.69, 9.17) is 4.42 Å². The summed E-state index contributed by atoms with van der Waals surface area (Å²) in [5, 5.41) is 9.26. The molecule has 176 valence electrons. The predicted octanol–water partition coefficient (Wildman–Crippen LogP) is 3.81. The fourth-order valence-corrected chi connectivity index (χ4v) is 5.55. The normalized spacial score (nSPS) is 14.7. The molecule has 0 aliphatic carbocycles. The summed E-state index contributed by atoms with van der Waals surface area (Å²) in [6.07, 6.45) is 2.02. The Morgan fingerprint density at radius 2 is 1.94 bits per heavy atom. The van der Waals surface area contributed by atoms with Gasteiger partial charge in [0.2, 0.25) is 0 Å². The first-order valence-electron chi connectivity index (χ1n) is 11.2. The van der Waals surface area contributed by atoms with Crippen LogP contribution < -0.4 is 11.2 Å². The molecule has 0 bridgehead atoms. The van der Waals surface area contributed by atoms with Gasteiger partial charge in [-0.1, -0.05) is 37.3 Å². The minimum Gasteiger partial charge on any atom is -0.465 e. The smallest absolute Gasteiger partial charge is 0.407 e. The lowest BCUT2D eigenvalue weighted by Crippen LogP contribution is -2.46. The van der Waals surface area contributed by atoms with Crippen molar-refractivity contribution < 1.29 is 14.3 Å². The lowest BCUT2D eigenvalue weighted by Gasteiger charge is -2.30. The third-order valence-corrected chi connectivity index (χ3v) is 7.39. The van der Waals surface area contributed by atoms with Crippen LogP contribution in [-0.4, -0.2) is 43.3 Å². The molecule has 4 aromatic rings. The van der Waals surface area contributed by atoms with Crippen LogP contribution in [0.5, 0.6) is 0 Å². The molecule has 1 amide bonds. The number of likely N-dealkylation sites (tertiary alicyclic amines) is 1. The lowest BCUT2D eigenvalue weighted by atomic mass is 10.1. The molecule has 1 aromatic carbocycles. The van der Waals surface area contributed by atoms with Gasteiger partial charge in [0.05, 0.1) is 17.8 Å². The van der Waals surface area contributed by atoms with Crippen LogP contribution in [0, 0.1) is 0 Å². The topological polar surface area (TPSA) is 111 Å². The number of carbonyl (C=O) groups is 1. The van der Waals surface area contributed by atoms with Gasteiger partial charge in [-0.2, -0.15) is 0 Å². The van der Waals surface area contributed by atoms with Crippen LogP contribution in [0.4, 0.5) is 4.79 Å². The average Bonchev–Trinajstić information content (AvgIpc) is 3.50. The molecule has 34 heavy (non-hydrogen) atoms. The Balaban J connectivity index is 1.65. The number of hydrogen-bond acceptors (Lipinski definition) is 6. The minimum atomic E-state index is -0.984. The van der Waals surface area contributed by atoms with Gasteiger partial charge in [-0.05, 0) is 24.5 Å². The number of hydrogen-bond donors (Lipinski definition) is 1. The molecule has 0 unspecified atom stereocenters. The first kappa shape index (κ1) is 22.1. The van der Waals surface area contributed by atoms with Crippen molar-refractivity contribution in [2.24, 2.45) is 0 Å². The Hall–Kier alpha value is -3.66. The maximum Gasteiger partial charge on any atom is 0.407 e. The van der Waals surface area contributed by atoms with E-state index in [1.165, 1.54) is 20.8 Å². The number of thiophene rings is 1. The van der Waals surface area contributed by atoms with Gasteiger partial charge in [-0.15, -0.1) is 11.3 Å². The number of aryl methyl sites for hydroxylation is 1. The zero-order valence-corrected chi connectivity index (χ0v) is 19.5. The summed E-state index contributed by atoms with van der Waals surface area (Å²) in [5.41, 5.74) is 1.41. The summed E-state index contributed by atoms with van der Waals surface area (Å²) in [4.78, 5) is 45.2. The second kappa shape index (κ2) is 8.94. The van der Waals surface area contributed by atoms with Crippen molar-refractivity contribution in [3.63, 3.8) is 0 Å². The number of rotatable bonds is 5. The summed E-state index contributed by atoms with van der Waals surface area (Å²) in [5.74, 6) is 0.587. The average molecular weight is 481 g/mol. The summed E-state index contributed by atoms with van der Waals surface area (Å²) in [6, 6.07) is 11.3.